The van der Waals surface area contributed by atoms with Gasteiger partial charge in [-0.2, -0.15) is 0 Å². The highest BCUT2D eigenvalue weighted by Gasteiger charge is 2.29. The van der Waals surface area contributed by atoms with Gasteiger partial charge in [0.2, 0.25) is 5.91 Å². The summed E-state index contributed by atoms with van der Waals surface area (Å²) in [6.45, 7) is 1.43. The van der Waals surface area contributed by atoms with Gasteiger partial charge in [-0.05, 0) is 50.1 Å². The van der Waals surface area contributed by atoms with E-state index in [2.05, 4.69) is 21.2 Å². The summed E-state index contributed by atoms with van der Waals surface area (Å²) in [7, 11) is 0. The number of ether oxygens (including phenoxy) is 1. The van der Waals surface area contributed by atoms with E-state index in [1.165, 1.54) is 17.4 Å². The first-order chi connectivity index (χ1) is 14.9. The van der Waals surface area contributed by atoms with Crippen molar-refractivity contribution in [1.29, 1.82) is 0 Å². The van der Waals surface area contributed by atoms with Gasteiger partial charge in [-0.25, -0.2) is 4.39 Å². The lowest BCUT2D eigenvalue weighted by atomic mass is 9.95. The van der Waals surface area contributed by atoms with Crippen molar-refractivity contribution in [2.75, 3.05) is 6.61 Å². The van der Waals surface area contributed by atoms with Crippen LogP contribution in [-0.4, -0.2) is 35.4 Å². The largest absolute Gasteiger partial charge is 0.484 e. The number of carbonyl (C=O) groups is 2. The van der Waals surface area contributed by atoms with E-state index >= 15 is 0 Å². The third-order valence-corrected chi connectivity index (χ3v) is 6.12. The Labute approximate surface area is 191 Å². The summed E-state index contributed by atoms with van der Waals surface area (Å²) in [5.41, 5.74) is 0.358. The predicted molar refractivity (Wildman–Crippen MR) is 121 cm³/mol. The summed E-state index contributed by atoms with van der Waals surface area (Å²) in [6, 6.07) is 12.8. The van der Waals surface area contributed by atoms with Gasteiger partial charge in [0.1, 0.15) is 17.6 Å². The van der Waals surface area contributed by atoms with Crippen molar-refractivity contribution in [2.24, 2.45) is 0 Å². The van der Waals surface area contributed by atoms with Crippen molar-refractivity contribution in [3.63, 3.8) is 0 Å². The van der Waals surface area contributed by atoms with Gasteiger partial charge in [-0.3, -0.25) is 9.59 Å². The average molecular weight is 491 g/mol. The fraction of sp³-hybridized carbons (Fsp3) is 0.417. The summed E-state index contributed by atoms with van der Waals surface area (Å²) in [5, 5.41) is 3.06. The molecule has 7 heteroatoms. The van der Waals surface area contributed by atoms with Gasteiger partial charge >= 0.3 is 0 Å². The minimum atomic E-state index is -0.748. The monoisotopic (exact) mass is 490 g/mol. The number of amides is 2. The Kier molecular flexibility index (Phi) is 8.46. The molecule has 3 rings (SSSR count). The number of benzene rings is 2. The van der Waals surface area contributed by atoms with Crippen molar-refractivity contribution in [1.82, 2.24) is 10.2 Å². The van der Waals surface area contributed by atoms with Crippen molar-refractivity contribution in [3.8, 4) is 5.75 Å². The Morgan fingerprint density at radius 1 is 1.13 bits per heavy atom. The lowest BCUT2D eigenvalue weighted by molar-refractivity contribution is -0.142. The molecular weight excluding hydrogens is 463 g/mol. The number of carbonyl (C=O) groups excluding carboxylic acids is 2. The molecule has 2 amide bonds. The second-order valence-corrected chi connectivity index (χ2v) is 8.79. The maximum absolute atomic E-state index is 14.3. The van der Waals surface area contributed by atoms with Gasteiger partial charge in [-0.15, -0.1) is 0 Å². The van der Waals surface area contributed by atoms with Crippen LogP contribution in [-0.2, 0) is 16.1 Å². The molecule has 0 aliphatic heterocycles. The van der Waals surface area contributed by atoms with E-state index in [0.717, 1.165) is 30.2 Å². The first-order valence-corrected chi connectivity index (χ1v) is 11.4. The zero-order valence-corrected chi connectivity index (χ0v) is 19.2. The van der Waals surface area contributed by atoms with E-state index in [4.69, 9.17) is 4.74 Å². The number of hydrogen-bond acceptors (Lipinski definition) is 3. The molecule has 31 heavy (non-hydrogen) atoms. The first kappa shape index (κ1) is 23.3. The highest BCUT2D eigenvalue weighted by molar-refractivity contribution is 9.10. The Bertz CT molecular complexity index is 885. The van der Waals surface area contributed by atoms with Crippen LogP contribution in [0.5, 0.6) is 5.75 Å². The lowest BCUT2D eigenvalue weighted by Crippen LogP contribution is -2.51. The van der Waals surface area contributed by atoms with Crippen LogP contribution in [0.3, 0.4) is 0 Å². The quantitative estimate of drug-likeness (QED) is 0.576. The Balaban J connectivity index is 1.71. The van der Waals surface area contributed by atoms with Crippen LogP contribution in [0.1, 0.15) is 44.6 Å². The normalized spacial score (nSPS) is 15.2. The van der Waals surface area contributed by atoms with Gasteiger partial charge in [-0.1, -0.05) is 53.4 Å². The summed E-state index contributed by atoms with van der Waals surface area (Å²) in [4.78, 5) is 27.3. The zero-order chi connectivity index (χ0) is 22.2. The van der Waals surface area contributed by atoms with E-state index in [1.807, 2.05) is 12.1 Å². The molecule has 0 aromatic heterocycles. The van der Waals surface area contributed by atoms with E-state index in [1.54, 1.807) is 37.3 Å². The van der Waals surface area contributed by atoms with Crippen molar-refractivity contribution in [2.45, 2.75) is 57.7 Å². The number of halogens is 2. The first-order valence-electron chi connectivity index (χ1n) is 10.7. The standard InChI is InChI=1S/C24H28BrFN2O3/c1-17(24(30)27-20-8-3-2-4-9-20)28(15-18-7-5-6-10-22(18)26)23(29)16-31-21-13-11-19(25)12-14-21/h5-7,10-14,17,20H,2-4,8-9,15-16H2,1H3,(H,27,30). The van der Waals surface area contributed by atoms with E-state index in [9.17, 15) is 14.0 Å². The Morgan fingerprint density at radius 2 is 1.81 bits per heavy atom. The predicted octanol–water partition coefficient (Wildman–Crippen LogP) is 4.83. The van der Waals surface area contributed by atoms with Crippen LogP contribution in [0.25, 0.3) is 0 Å². The number of nitrogens with zero attached hydrogens (tertiary/aromatic N) is 1. The minimum Gasteiger partial charge on any atom is -0.484 e. The molecule has 166 valence electrons. The van der Waals surface area contributed by atoms with Crippen molar-refractivity contribution in [3.05, 3.63) is 64.4 Å². The third-order valence-electron chi connectivity index (χ3n) is 5.59. The summed E-state index contributed by atoms with van der Waals surface area (Å²) in [6.07, 6.45) is 5.28. The van der Waals surface area contributed by atoms with Crippen molar-refractivity contribution >= 4 is 27.7 Å². The molecule has 1 unspecified atom stereocenters. The van der Waals surface area contributed by atoms with E-state index < -0.39 is 11.9 Å². The molecule has 1 fully saturated rings. The average Bonchev–Trinajstić information content (AvgIpc) is 2.78. The second kappa shape index (κ2) is 11.3. The second-order valence-electron chi connectivity index (χ2n) is 7.88. The van der Waals surface area contributed by atoms with E-state index in [-0.39, 0.29) is 31.0 Å². The SMILES string of the molecule is CC(C(=O)NC1CCCCC1)N(Cc1ccccc1F)C(=O)COc1ccc(Br)cc1. The topological polar surface area (TPSA) is 58.6 Å². The molecular formula is C24H28BrFN2O3. The van der Waals surface area contributed by atoms with Gasteiger partial charge in [0.15, 0.2) is 6.61 Å². The van der Waals surface area contributed by atoms with Crippen LogP contribution in [0.2, 0.25) is 0 Å². The number of hydrogen-bond donors (Lipinski definition) is 1. The third kappa shape index (κ3) is 6.79. The molecule has 2 aromatic rings. The number of rotatable bonds is 8. The van der Waals surface area contributed by atoms with Crippen LogP contribution >= 0.6 is 15.9 Å². The van der Waals surface area contributed by atoms with E-state index in [0.29, 0.717) is 11.3 Å². The summed E-state index contributed by atoms with van der Waals surface area (Å²) in [5.74, 6) is -0.464. The van der Waals surface area contributed by atoms with Crippen LogP contribution in [0.15, 0.2) is 53.0 Å². The molecule has 0 heterocycles. The highest BCUT2D eigenvalue weighted by Crippen LogP contribution is 2.19. The fourth-order valence-corrected chi connectivity index (χ4v) is 3.98. The molecule has 0 spiro atoms. The minimum absolute atomic E-state index is 0.00550. The molecule has 1 atom stereocenters. The number of nitrogens with one attached hydrogen (secondary N) is 1. The van der Waals surface area contributed by atoms with Gasteiger partial charge in [0, 0.05) is 22.6 Å². The lowest BCUT2D eigenvalue weighted by Gasteiger charge is -2.31. The van der Waals surface area contributed by atoms with Gasteiger partial charge < -0.3 is 15.0 Å². The summed E-state index contributed by atoms with van der Waals surface area (Å²) >= 11 is 3.36. The molecule has 0 saturated heterocycles. The molecule has 1 saturated carbocycles. The molecule has 0 bridgehead atoms. The highest BCUT2D eigenvalue weighted by atomic mass is 79.9. The molecule has 1 N–H and O–H groups in total. The Morgan fingerprint density at radius 3 is 2.48 bits per heavy atom. The molecule has 2 aromatic carbocycles. The zero-order valence-electron chi connectivity index (χ0n) is 17.7. The van der Waals surface area contributed by atoms with Crippen LogP contribution in [0, 0.1) is 5.82 Å². The van der Waals surface area contributed by atoms with Crippen LogP contribution < -0.4 is 10.1 Å². The summed E-state index contributed by atoms with van der Waals surface area (Å²) < 4.78 is 20.8. The maximum Gasteiger partial charge on any atom is 0.261 e. The smallest absolute Gasteiger partial charge is 0.261 e. The maximum atomic E-state index is 14.3. The molecule has 1 aliphatic carbocycles. The van der Waals surface area contributed by atoms with Crippen LogP contribution in [0.4, 0.5) is 4.39 Å². The van der Waals surface area contributed by atoms with Gasteiger partial charge in [0.05, 0.1) is 0 Å². The van der Waals surface area contributed by atoms with Gasteiger partial charge in [0.25, 0.3) is 5.91 Å². The van der Waals surface area contributed by atoms with Crippen molar-refractivity contribution < 1.29 is 18.7 Å². The molecule has 5 nitrogen and oxygen atoms in total. The Hall–Kier alpha value is -2.41. The molecule has 1 aliphatic rings. The molecule has 0 radical (unpaired) electrons. The fourth-order valence-electron chi connectivity index (χ4n) is 3.72.